The molecule has 0 amide bonds. The van der Waals surface area contributed by atoms with E-state index in [1.165, 1.54) is 0 Å². The highest BCUT2D eigenvalue weighted by molar-refractivity contribution is 9.10. The van der Waals surface area contributed by atoms with Crippen molar-refractivity contribution in [1.82, 2.24) is 4.98 Å². The number of ether oxygens (including phenoxy) is 1. The van der Waals surface area contributed by atoms with Crippen LogP contribution in [0, 0.1) is 0 Å². The van der Waals surface area contributed by atoms with Gasteiger partial charge in [0.25, 0.3) is 0 Å². The summed E-state index contributed by atoms with van der Waals surface area (Å²) < 4.78 is 5.85. The predicted octanol–water partition coefficient (Wildman–Crippen LogP) is 3.23. The Kier molecular flexibility index (Phi) is 3.68. The van der Waals surface area contributed by atoms with Gasteiger partial charge in [-0.25, -0.2) is 4.98 Å². The van der Waals surface area contributed by atoms with Crippen LogP contribution < -0.4 is 4.74 Å². The highest BCUT2D eigenvalue weighted by Crippen LogP contribution is 2.37. The third kappa shape index (κ3) is 1.87. The second-order valence-electron chi connectivity index (χ2n) is 1.96. The van der Waals surface area contributed by atoms with Crippen LogP contribution in [0.1, 0.15) is 0 Å². The lowest BCUT2D eigenvalue weighted by Crippen LogP contribution is -1.90. The van der Waals surface area contributed by atoms with Gasteiger partial charge in [-0.15, -0.1) is 11.8 Å². The summed E-state index contributed by atoms with van der Waals surface area (Å²) in [7, 11) is 1.55. The first-order valence-electron chi connectivity index (χ1n) is 3.12. The van der Waals surface area contributed by atoms with Crippen LogP contribution >= 0.6 is 39.3 Å². The topological polar surface area (TPSA) is 22.1 Å². The highest BCUT2D eigenvalue weighted by Gasteiger charge is 2.10. The Morgan fingerprint density at radius 2 is 2.33 bits per heavy atom. The summed E-state index contributed by atoms with van der Waals surface area (Å²) in [5, 5.41) is 0.555. The third-order valence-corrected chi connectivity index (χ3v) is 3.46. The van der Waals surface area contributed by atoms with E-state index < -0.39 is 0 Å². The fourth-order valence-electron chi connectivity index (χ4n) is 0.762. The Morgan fingerprint density at radius 3 is 2.83 bits per heavy atom. The lowest BCUT2D eigenvalue weighted by molar-refractivity contribution is 0.396. The Bertz CT molecular complexity index is 295. The fraction of sp³-hybridized carbons (Fsp3) is 0.286. The van der Waals surface area contributed by atoms with Crippen LogP contribution in [0.2, 0.25) is 5.02 Å². The first kappa shape index (κ1) is 10.2. The Labute approximate surface area is 88.8 Å². The summed E-state index contributed by atoms with van der Waals surface area (Å²) in [6, 6.07) is 0. The van der Waals surface area contributed by atoms with Gasteiger partial charge >= 0.3 is 0 Å². The van der Waals surface area contributed by atoms with E-state index in [4.69, 9.17) is 16.3 Å². The van der Waals surface area contributed by atoms with Crippen LogP contribution in [0.15, 0.2) is 15.6 Å². The van der Waals surface area contributed by atoms with E-state index >= 15 is 0 Å². The van der Waals surface area contributed by atoms with Gasteiger partial charge in [0.05, 0.1) is 11.6 Å². The molecule has 0 N–H and O–H groups in total. The molecule has 1 aromatic heterocycles. The Morgan fingerprint density at radius 1 is 1.67 bits per heavy atom. The second kappa shape index (κ2) is 4.35. The molecule has 1 rings (SSSR count). The summed E-state index contributed by atoms with van der Waals surface area (Å²) in [5.74, 6) is 0.462. The molecule has 0 saturated heterocycles. The molecule has 0 aromatic carbocycles. The molecule has 0 aliphatic rings. The monoisotopic (exact) mass is 267 g/mol. The third-order valence-electron chi connectivity index (χ3n) is 1.30. The van der Waals surface area contributed by atoms with Crippen molar-refractivity contribution in [2.45, 2.75) is 4.90 Å². The van der Waals surface area contributed by atoms with E-state index in [1.807, 2.05) is 6.26 Å². The van der Waals surface area contributed by atoms with Gasteiger partial charge < -0.3 is 4.74 Å². The molecule has 0 fully saturated rings. The molecule has 1 aromatic rings. The summed E-state index contributed by atoms with van der Waals surface area (Å²) >= 11 is 10.9. The van der Waals surface area contributed by atoms with Crippen molar-refractivity contribution >= 4 is 39.3 Å². The fourth-order valence-corrected chi connectivity index (χ4v) is 2.64. The smallest absolute Gasteiger partial charge is 0.233 e. The van der Waals surface area contributed by atoms with Gasteiger partial charge in [-0.3, -0.25) is 0 Å². The Hall–Kier alpha value is 0.0700. The van der Waals surface area contributed by atoms with Crippen LogP contribution in [0.5, 0.6) is 5.88 Å². The zero-order valence-electron chi connectivity index (χ0n) is 6.60. The van der Waals surface area contributed by atoms with Gasteiger partial charge in [-0.05, 0) is 22.2 Å². The van der Waals surface area contributed by atoms with Crippen molar-refractivity contribution in [3.8, 4) is 5.88 Å². The highest BCUT2D eigenvalue weighted by atomic mass is 79.9. The minimum Gasteiger partial charge on any atom is -0.480 e. The number of thioether (sulfide) groups is 1. The molecule has 0 aliphatic heterocycles. The normalized spacial score (nSPS) is 10.0. The minimum absolute atomic E-state index is 0.462. The molecular formula is C7H7BrClNOS. The van der Waals surface area contributed by atoms with Gasteiger partial charge in [0, 0.05) is 11.1 Å². The average Bonchev–Trinajstić information content (AvgIpc) is 2.06. The van der Waals surface area contributed by atoms with Crippen molar-refractivity contribution in [3.63, 3.8) is 0 Å². The molecule has 0 spiro atoms. The number of nitrogens with zero attached hydrogens (tertiary/aromatic N) is 1. The van der Waals surface area contributed by atoms with Crippen LogP contribution in [0.4, 0.5) is 0 Å². The van der Waals surface area contributed by atoms with Crippen molar-refractivity contribution < 1.29 is 4.74 Å². The zero-order chi connectivity index (χ0) is 9.14. The van der Waals surface area contributed by atoms with Crippen LogP contribution in [-0.2, 0) is 0 Å². The van der Waals surface area contributed by atoms with Gasteiger partial charge in [0.1, 0.15) is 5.02 Å². The van der Waals surface area contributed by atoms with Crippen LogP contribution in [-0.4, -0.2) is 18.3 Å². The predicted molar refractivity (Wildman–Crippen MR) is 55.3 cm³/mol. The maximum absolute atomic E-state index is 5.98. The molecule has 0 saturated carbocycles. The van der Waals surface area contributed by atoms with Gasteiger partial charge in [0.2, 0.25) is 5.88 Å². The summed E-state index contributed by atoms with van der Waals surface area (Å²) in [4.78, 5) is 4.94. The van der Waals surface area contributed by atoms with Crippen LogP contribution in [0.25, 0.3) is 0 Å². The quantitative estimate of drug-likeness (QED) is 0.769. The molecule has 0 bridgehead atoms. The maximum Gasteiger partial charge on any atom is 0.233 e. The molecule has 12 heavy (non-hydrogen) atoms. The van der Waals surface area contributed by atoms with Gasteiger partial charge in [-0.2, -0.15) is 0 Å². The van der Waals surface area contributed by atoms with Gasteiger partial charge in [-0.1, -0.05) is 11.6 Å². The lowest BCUT2D eigenvalue weighted by Gasteiger charge is -2.06. The lowest BCUT2D eigenvalue weighted by atomic mass is 10.5. The van der Waals surface area contributed by atoms with Crippen molar-refractivity contribution in [1.29, 1.82) is 0 Å². The molecule has 0 unspecified atom stereocenters. The van der Waals surface area contributed by atoms with E-state index in [9.17, 15) is 0 Å². The molecule has 1 heterocycles. The van der Waals surface area contributed by atoms with Crippen molar-refractivity contribution in [3.05, 3.63) is 15.7 Å². The largest absolute Gasteiger partial charge is 0.480 e. The SMILES string of the molecule is COc1ncc(Br)c(SC)c1Cl. The summed E-state index contributed by atoms with van der Waals surface area (Å²) in [5.41, 5.74) is 0. The average molecular weight is 269 g/mol. The Balaban J connectivity index is 3.24. The van der Waals surface area contributed by atoms with E-state index in [0.717, 1.165) is 9.37 Å². The van der Waals surface area contributed by atoms with Gasteiger partial charge in [0.15, 0.2) is 0 Å². The molecule has 0 radical (unpaired) electrons. The number of aromatic nitrogens is 1. The first-order chi connectivity index (χ1) is 5.70. The second-order valence-corrected chi connectivity index (χ2v) is 4.01. The number of methoxy groups -OCH3 is 1. The van der Waals surface area contributed by atoms with Crippen LogP contribution in [0.3, 0.4) is 0 Å². The van der Waals surface area contributed by atoms with E-state index in [2.05, 4.69) is 20.9 Å². The molecule has 2 nitrogen and oxygen atoms in total. The molecule has 0 aliphatic carbocycles. The number of halogens is 2. The number of pyridine rings is 1. The summed E-state index contributed by atoms with van der Waals surface area (Å²) in [6.45, 7) is 0. The molecule has 66 valence electrons. The number of rotatable bonds is 2. The molecular weight excluding hydrogens is 262 g/mol. The zero-order valence-corrected chi connectivity index (χ0v) is 9.76. The molecule has 0 atom stereocenters. The van der Waals surface area contributed by atoms with E-state index in [-0.39, 0.29) is 0 Å². The summed E-state index contributed by atoms with van der Waals surface area (Å²) in [6.07, 6.45) is 3.63. The van der Waals surface area contributed by atoms with Crippen molar-refractivity contribution in [2.75, 3.05) is 13.4 Å². The van der Waals surface area contributed by atoms with E-state index in [0.29, 0.717) is 10.9 Å². The first-order valence-corrected chi connectivity index (χ1v) is 5.52. The number of hydrogen-bond donors (Lipinski definition) is 0. The molecule has 5 heteroatoms. The standard InChI is InChI=1S/C7H7BrClNOS/c1-11-7-5(9)6(12-2)4(8)3-10-7/h3H,1-2H3. The number of hydrogen-bond acceptors (Lipinski definition) is 3. The minimum atomic E-state index is 0.462. The van der Waals surface area contributed by atoms with Crippen molar-refractivity contribution in [2.24, 2.45) is 0 Å². The maximum atomic E-state index is 5.98. The van der Waals surface area contributed by atoms with E-state index in [1.54, 1.807) is 25.1 Å².